The van der Waals surface area contributed by atoms with E-state index in [1.807, 2.05) is 19.9 Å². The van der Waals surface area contributed by atoms with Gasteiger partial charge < -0.3 is 10.2 Å². The van der Waals surface area contributed by atoms with E-state index in [4.69, 9.17) is 10.2 Å². The first kappa shape index (κ1) is 12.2. The lowest BCUT2D eigenvalue weighted by Crippen LogP contribution is -2.25. The largest absolute Gasteiger partial charge is 0.481 e. The standard InChI is InChI=1S/C10H18O3/c1-7(2)5-4-6-9(8(3)11)10(12)13/h5,8-9,11H,4,6H2,1-3H3,(H,12,13). The lowest BCUT2D eigenvalue weighted by Gasteiger charge is -2.13. The van der Waals surface area contributed by atoms with Gasteiger partial charge in [-0.2, -0.15) is 0 Å². The molecule has 76 valence electrons. The van der Waals surface area contributed by atoms with Crippen molar-refractivity contribution in [2.45, 2.75) is 39.7 Å². The van der Waals surface area contributed by atoms with Crippen molar-refractivity contribution in [3.63, 3.8) is 0 Å². The Kier molecular flexibility index (Phi) is 5.39. The third-order valence-corrected chi connectivity index (χ3v) is 1.93. The predicted molar refractivity (Wildman–Crippen MR) is 51.5 cm³/mol. The average molecular weight is 186 g/mol. The maximum absolute atomic E-state index is 10.6. The molecule has 0 aliphatic carbocycles. The van der Waals surface area contributed by atoms with Crippen molar-refractivity contribution in [2.75, 3.05) is 0 Å². The molecular weight excluding hydrogens is 168 g/mol. The second kappa shape index (κ2) is 5.75. The normalized spacial score (nSPS) is 14.8. The molecule has 0 aromatic heterocycles. The Hall–Kier alpha value is -0.830. The summed E-state index contributed by atoms with van der Waals surface area (Å²) >= 11 is 0. The van der Waals surface area contributed by atoms with Crippen LogP contribution in [0.25, 0.3) is 0 Å². The van der Waals surface area contributed by atoms with Gasteiger partial charge in [0.05, 0.1) is 12.0 Å². The van der Waals surface area contributed by atoms with Crippen LogP contribution in [0, 0.1) is 5.92 Å². The zero-order valence-electron chi connectivity index (χ0n) is 8.45. The van der Waals surface area contributed by atoms with Gasteiger partial charge in [-0.1, -0.05) is 11.6 Å². The van der Waals surface area contributed by atoms with E-state index in [0.717, 1.165) is 0 Å². The molecule has 0 spiro atoms. The summed E-state index contributed by atoms with van der Waals surface area (Å²) in [5.74, 6) is -1.56. The van der Waals surface area contributed by atoms with E-state index in [-0.39, 0.29) is 0 Å². The number of hydrogen-bond donors (Lipinski definition) is 2. The number of aliphatic hydroxyl groups excluding tert-OH is 1. The molecule has 0 saturated carbocycles. The van der Waals surface area contributed by atoms with Crippen molar-refractivity contribution >= 4 is 5.97 Å². The topological polar surface area (TPSA) is 57.5 Å². The number of aliphatic hydroxyl groups is 1. The average Bonchev–Trinajstić information content (AvgIpc) is 1.95. The van der Waals surface area contributed by atoms with Crippen LogP contribution in [0.4, 0.5) is 0 Å². The van der Waals surface area contributed by atoms with Gasteiger partial charge in [-0.25, -0.2) is 0 Å². The molecule has 0 saturated heterocycles. The van der Waals surface area contributed by atoms with Crippen LogP contribution in [0.5, 0.6) is 0 Å². The number of hydrogen-bond acceptors (Lipinski definition) is 2. The third kappa shape index (κ3) is 5.42. The fraction of sp³-hybridized carbons (Fsp3) is 0.700. The first-order valence-corrected chi connectivity index (χ1v) is 4.49. The first-order chi connectivity index (χ1) is 5.95. The van der Waals surface area contributed by atoms with E-state index in [2.05, 4.69) is 0 Å². The summed E-state index contributed by atoms with van der Waals surface area (Å²) in [5, 5.41) is 17.9. The van der Waals surface area contributed by atoms with Crippen LogP contribution in [-0.2, 0) is 4.79 Å². The van der Waals surface area contributed by atoms with Crippen LogP contribution in [0.2, 0.25) is 0 Å². The van der Waals surface area contributed by atoms with Crippen LogP contribution < -0.4 is 0 Å². The highest BCUT2D eigenvalue weighted by atomic mass is 16.4. The lowest BCUT2D eigenvalue weighted by molar-refractivity contribution is -0.145. The van der Waals surface area contributed by atoms with Crippen molar-refractivity contribution in [1.29, 1.82) is 0 Å². The lowest BCUT2D eigenvalue weighted by atomic mass is 9.97. The highest BCUT2D eigenvalue weighted by molar-refractivity contribution is 5.70. The Bertz CT molecular complexity index is 190. The van der Waals surface area contributed by atoms with Crippen molar-refractivity contribution in [3.05, 3.63) is 11.6 Å². The Morgan fingerprint density at radius 2 is 2.00 bits per heavy atom. The summed E-state index contributed by atoms with van der Waals surface area (Å²) in [7, 11) is 0. The van der Waals surface area contributed by atoms with E-state index >= 15 is 0 Å². The van der Waals surface area contributed by atoms with Gasteiger partial charge in [0, 0.05) is 0 Å². The molecular formula is C10H18O3. The molecule has 3 heteroatoms. The van der Waals surface area contributed by atoms with E-state index in [0.29, 0.717) is 12.8 Å². The molecule has 0 amide bonds. The van der Waals surface area contributed by atoms with E-state index in [1.54, 1.807) is 0 Å². The number of carboxylic acids is 1. The van der Waals surface area contributed by atoms with E-state index in [1.165, 1.54) is 12.5 Å². The van der Waals surface area contributed by atoms with E-state index in [9.17, 15) is 4.79 Å². The Labute approximate surface area is 79.1 Å². The van der Waals surface area contributed by atoms with Crippen LogP contribution in [0.15, 0.2) is 11.6 Å². The minimum absolute atomic E-state index is 0.498. The zero-order valence-corrected chi connectivity index (χ0v) is 8.45. The monoisotopic (exact) mass is 186 g/mol. The van der Waals surface area contributed by atoms with Crippen LogP contribution in [0.3, 0.4) is 0 Å². The molecule has 2 atom stereocenters. The van der Waals surface area contributed by atoms with Gasteiger partial charge in [0.1, 0.15) is 0 Å². The zero-order chi connectivity index (χ0) is 10.4. The number of aliphatic carboxylic acids is 1. The fourth-order valence-electron chi connectivity index (χ4n) is 1.12. The van der Waals surface area contributed by atoms with Gasteiger partial charge in [0.2, 0.25) is 0 Å². The second-order valence-corrected chi connectivity index (χ2v) is 3.54. The second-order valence-electron chi connectivity index (χ2n) is 3.54. The van der Waals surface area contributed by atoms with Gasteiger partial charge in [-0.15, -0.1) is 0 Å². The maximum Gasteiger partial charge on any atom is 0.309 e. The van der Waals surface area contributed by atoms with Crippen molar-refractivity contribution in [3.8, 4) is 0 Å². The molecule has 0 rings (SSSR count). The molecule has 0 bridgehead atoms. The molecule has 13 heavy (non-hydrogen) atoms. The fourth-order valence-corrected chi connectivity index (χ4v) is 1.12. The van der Waals surface area contributed by atoms with Crippen LogP contribution in [0.1, 0.15) is 33.6 Å². The van der Waals surface area contributed by atoms with Gasteiger partial charge in [0.25, 0.3) is 0 Å². The van der Waals surface area contributed by atoms with Crippen LogP contribution >= 0.6 is 0 Å². The summed E-state index contributed by atoms with van der Waals surface area (Å²) in [4.78, 5) is 10.6. The molecule has 0 aliphatic heterocycles. The molecule has 0 aromatic rings. The van der Waals surface area contributed by atoms with Gasteiger partial charge in [0.15, 0.2) is 0 Å². The third-order valence-electron chi connectivity index (χ3n) is 1.93. The SMILES string of the molecule is CC(C)=CCCC(C(=O)O)C(C)O. The molecule has 0 fully saturated rings. The molecule has 0 aliphatic rings. The summed E-state index contributed by atoms with van der Waals surface area (Å²) in [6.07, 6.45) is 2.42. The van der Waals surface area contributed by atoms with E-state index < -0.39 is 18.0 Å². The van der Waals surface area contributed by atoms with Gasteiger partial charge in [-0.3, -0.25) is 4.79 Å². The number of carbonyl (C=O) groups is 1. The van der Waals surface area contributed by atoms with Crippen molar-refractivity contribution in [2.24, 2.45) is 5.92 Å². The molecule has 0 aromatic carbocycles. The van der Waals surface area contributed by atoms with Crippen LogP contribution in [-0.4, -0.2) is 22.3 Å². The molecule has 0 heterocycles. The molecule has 2 unspecified atom stereocenters. The quantitative estimate of drug-likeness (QED) is 0.644. The summed E-state index contributed by atoms with van der Waals surface area (Å²) in [6, 6.07) is 0. The molecule has 0 radical (unpaired) electrons. The highest BCUT2D eigenvalue weighted by Crippen LogP contribution is 2.13. The predicted octanol–water partition coefficient (Wildman–Crippen LogP) is 1.81. The summed E-state index contributed by atoms with van der Waals surface area (Å²) in [6.45, 7) is 5.46. The molecule has 3 nitrogen and oxygen atoms in total. The first-order valence-electron chi connectivity index (χ1n) is 4.49. The number of allylic oxidation sites excluding steroid dienone is 2. The Morgan fingerprint density at radius 1 is 1.46 bits per heavy atom. The van der Waals surface area contributed by atoms with Gasteiger partial charge >= 0.3 is 5.97 Å². The number of rotatable bonds is 5. The smallest absolute Gasteiger partial charge is 0.309 e. The number of carboxylic acid groups (broad SMARTS) is 1. The molecule has 2 N–H and O–H groups in total. The van der Waals surface area contributed by atoms with Crippen molar-refractivity contribution < 1.29 is 15.0 Å². The van der Waals surface area contributed by atoms with Crippen molar-refractivity contribution in [1.82, 2.24) is 0 Å². The summed E-state index contributed by atoms with van der Waals surface area (Å²) < 4.78 is 0. The minimum atomic E-state index is -0.919. The Balaban J connectivity index is 3.98. The Morgan fingerprint density at radius 3 is 2.31 bits per heavy atom. The minimum Gasteiger partial charge on any atom is -0.481 e. The maximum atomic E-state index is 10.6. The van der Waals surface area contributed by atoms with Gasteiger partial charge in [-0.05, 0) is 33.6 Å². The highest BCUT2D eigenvalue weighted by Gasteiger charge is 2.21. The summed E-state index contributed by atoms with van der Waals surface area (Å²) in [5.41, 5.74) is 1.18.